The molecular formula is C11H15N5O4. The summed E-state index contributed by atoms with van der Waals surface area (Å²) in [5.74, 6) is -1.48. The summed E-state index contributed by atoms with van der Waals surface area (Å²) in [4.78, 5) is 35.2. The molecule has 1 aromatic rings. The minimum atomic E-state index is -1.18. The van der Waals surface area contributed by atoms with Crippen molar-refractivity contribution in [2.75, 3.05) is 13.1 Å². The molecule has 1 aliphatic rings. The maximum absolute atomic E-state index is 12.0. The van der Waals surface area contributed by atoms with Gasteiger partial charge < -0.3 is 15.3 Å². The van der Waals surface area contributed by atoms with Gasteiger partial charge in [-0.3, -0.25) is 9.59 Å². The first-order valence-electron chi connectivity index (χ1n) is 6.14. The van der Waals surface area contributed by atoms with Crippen molar-refractivity contribution in [1.82, 2.24) is 25.2 Å². The summed E-state index contributed by atoms with van der Waals surface area (Å²) in [6.45, 7) is 2.39. The lowest BCUT2D eigenvalue weighted by molar-refractivity contribution is -0.131. The molecule has 0 aliphatic carbocycles. The van der Waals surface area contributed by atoms with Crippen molar-refractivity contribution in [2.24, 2.45) is 0 Å². The number of carboxylic acid groups (broad SMARTS) is 1. The van der Waals surface area contributed by atoms with Gasteiger partial charge in [-0.15, -0.1) is 5.10 Å². The Balaban J connectivity index is 1.89. The van der Waals surface area contributed by atoms with Crippen LogP contribution in [0.2, 0.25) is 0 Å². The van der Waals surface area contributed by atoms with Gasteiger partial charge in [-0.25, -0.2) is 9.48 Å². The van der Waals surface area contributed by atoms with E-state index >= 15 is 0 Å². The quantitative estimate of drug-likeness (QED) is 0.709. The maximum atomic E-state index is 12.0. The van der Waals surface area contributed by atoms with Gasteiger partial charge in [0, 0.05) is 26.1 Å². The molecule has 2 N–H and O–H groups in total. The number of hydrogen-bond acceptors (Lipinski definition) is 5. The van der Waals surface area contributed by atoms with E-state index < -0.39 is 5.97 Å². The highest BCUT2D eigenvalue weighted by atomic mass is 16.4. The van der Waals surface area contributed by atoms with Crippen LogP contribution in [0.1, 0.15) is 23.8 Å². The van der Waals surface area contributed by atoms with Gasteiger partial charge in [-0.2, -0.15) is 0 Å². The van der Waals surface area contributed by atoms with Crippen molar-refractivity contribution < 1.29 is 19.5 Å². The van der Waals surface area contributed by atoms with E-state index in [9.17, 15) is 14.4 Å². The molecule has 1 fully saturated rings. The van der Waals surface area contributed by atoms with Gasteiger partial charge in [0.15, 0.2) is 5.69 Å². The van der Waals surface area contributed by atoms with E-state index in [0.29, 0.717) is 19.5 Å². The smallest absolute Gasteiger partial charge is 0.358 e. The predicted molar refractivity (Wildman–Crippen MR) is 65.8 cm³/mol. The molecule has 1 aliphatic heterocycles. The third-order valence-electron chi connectivity index (χ3n) is 3.00. The Kier molecular flexibility index (Phi) is 3.97. The number of nitrogens with zero attached hydrogens (tertiary/aromatic N) is 4. The van der Waals surface area contributed by atoms with Crippen molar-refractivity contribution in [2.45, 2.75) is 25.9 Å². The zero-order valence-electron chi connectivity index (χ0n) is 10.9. The zero-order chi connectivity index (χ0) is 14.7. The second-order valence-electron chi connectivity index (χ2n) is 4.63. The van der Waals surface area contributed by atoms with Gasteiger partial charge in [0.05, 0.1) is 6.20 Å². The summed E-state index contributed by atoms with van der Waals surface area (Å²) in [6, 6.07) is -0.0261. The Labute approximate surface area is 114 Å². The van der Waals surface area contributed by atoms with E-state index in [4.69, 9.17) is 5.11 Å². The van der Waals surface area contributed by atoms with Crippen LogP contribution >= 0.6 is 0 Å². The van der Waals surface area contributed by atoms with E-state index in [0.717, 1.165) is 0 Å². The SMILES string of the molecule is CC(=O)NC1CCN(C(=O)Cn2cc(C(=O)O)nn2)C1. The van der Waals surface area contributed by atoms with E-state index in [1.807, 2.05) is 0 Å². The largest absolute Gasteiger partial charge is 0.476 e. The molecule has 20 heavy (non-hydrogen) atoms. The molecule has 9 heteroatoms. The van der Waals surface area contributed by atoms with Gasteiger partial charge in [-0.1, -0.05) is 5.21 Å². The third kappa shape index (κ3) is 3.31. The van der Waals surface area contributed by atoms with Crippen LogP contribution in [-0.4, -0.2) is 61.9 Å². The number of hydrogen-bond donors (Lipinski definition) is 2. The second-order valence-corrected chi connectivity index (χ2v) is 4.63. The lowest BCUT2D eigenvalue weighted by Crippen LogP contribution is -2.38. The fraction of sp³-hybridized carbons (Fsp3) is 0.545. The monoisotopic (exact) mass is 281 g/mol. The second kappa shape index (κ2) is 5.68. The highest BCUT2D eigenvalue weighted by molar-refractivity contribution is 5.84. The summed E-state index contributed by atoms with van der Waals surface area (Å²) in [5, 5.41) is 18.5. The fourth-order valence-corrected chi connectivity index (χ4v) is 2.10. The molecule has 0 saturated carbocycles. The average molecular weight is 281 g/mol. The Hall–Kier alpha value is -2.45. The number of rotatable bonds is 4. The Bertz CT molecular complexity index is 541. The number of aromatic nitrogens is 3. The van der Waals surface area contributed by atoms with Gasteiger partial charge >= 0.3 is 5.97 Å². The van der Waals surface area contributed by atoms with Gasteiger partial charge in [0.25, 0.3) is 0 Å². The molecule has 1 aromatic heterocycles. The molecule has 0 aromatic carbocycles. The first kappa shape index (κ1) is 14.0. The topological polar surface area (TPSA) is 117 Å². The van der Waals surface area contributed by atoms with E-state index in [-0.39, 0.29) is 30.1 Å². The lowest BCUT2D eigenvalue weighted by atomic mass is 10.3. The number of nitrogens with one attached hydrogen (secondary N) is 1. The Morgan fingerprint density at radius 3 is 2.85 bits per heavy atom. The molecule has 9 nitrogen and oxygen atoms in total. The minimum Gasteiger partial charge on any atom is -0.476 e. The summed E-state index contributed by atoms with van der Waals surface area (Å²) in [7, 11) is 0. The fourth-order valence-electron chi connectivity index (χ4n) is 2.10. The van der Waals surface area contributed by atoms with Crippen molar-refractivity contribution in [3.05, 3.63) is 11.9 Å². The predicted octanol–water partition coefficient (Wildman–Crippen LogP) is -1.29. The Morgan fingerprint density at radius 1 is 1.50 bits per heavy atom. The molecule has 1 atom stereocenters. The van der Waals surface area contributed by atoms with Crippen LogP contribution in [0.3, 0.4) is 0 Å². The number of amides is 2. The van der Waals surface area contributed by atoms with Crippen molar-refractivity contribution in [1.29, 1.82) is 0 Å². The molecule has 2 rings (SSSR count). The Morgan fingerprint density at radius 2 is 2.25 bits per heavy atom. The standard InChI is InChI=1S/C11H15N5O4/c1-7(17)12-8-2-3-15(4-8)10(18)6-16-5-9(11(19)20)13-14-16/h5,8H,2-4,6H2,1H3,(H,12,17)(H,19,20). The van der Waals surface area contributed by atoms with Crippen molar-refractivity contribution >= 4 is 17.8 Å². The van der Waals surface area contributed by atoms with Crippen LogP contribution in [0.4, 0.5) is 0 Å². The van der Waals surface area contributed by atoms with Crippen molar-refractivity contribution in [3.8, 4) is 0 Å². The number of carboxylic acids is 1. The summed E-state index contributed by atoms with van der Waals surface area (Å²) in [5.41, 5.74) is -0.199. The first-order chi connectivity index (χ1) is 9.45. The lowest BCUT2D eigenvalue weighted by Gasteiger charge is -2.16. The molecule has 1 unspecified atom stereocenters. The van der Waals surface area contributed by atoms with Crippen LogP contribution in [0.15, 0.2) is 6.20 Å². The van der Waals surface area contributed by atoms with Gasteiger partial charge in [0.2, 0.25) is 11.8 Å². The van der Waals surface area contributed by atoms with Crippen molar-refractivity contribution in [3.63, 3.8) is 0 Å². The third-order valence-corrected chi connectivity index (χ3v) is 3.00. The first-order valence-corrected chi connectivity index (χ1v) is 6.14. The molecular weight excluding hydrogens is 266 g/mol. The molecule has 0 bridgehead atoms. The van der Waals surface area contributed by atoms with Crippen LogP contribution in [-0.2, 0) is 16.1 Å². The zero-order valence-corrected chi connectivity index (χ0v) is 10.9. The summed E-state index contributed by atoms with van der Waals surface area (Å²) < 4.78 is 1.19. The molecule has 108 valence electrons. The van der Waals surface area contributed by atoms with Gasteiger partial charge in [0.1, 0.15) is 6.54 Å². The van der Waals surface area contributed by atoms with Crippen LogP contribution in [0.5, 0.6) is 0 Å². The number of likely N-dealkylation sites (tertiary alicyclic amines) is 1. The number of carbonyl (C=O) groups excluding carboxylic acids is 2. The highest BCUT2D eigenvalue weighted by Gasteiger charge is 2.27. The molecule has 0 radical (unpaired) electrons. The number of aromatic carboxylic acids is 1. The normalized spacial score (nSPS) is 18.1. The highest BCUT2D eigenvalue weighted by Crippen LogP contribution is 2.10. The van der Waals surface area contributed by atoms with E-state index in [1.54, 1.807) is 4.90 Å². The molecule has 1 saturated heterocycles. The van der Waals surface area contributed by atoms with Crippen LogP contribution < -0.4 is 5.32 Å². The molecule has 0 spiro atoms. The average Bonchev–Trinajstić information content (AvgIpc) is 2.97. The van der Waals surface area contributed by atoms with Gasteiger partial charge in [-0.05, 0) is 6.42 Å². The molecule has 2 amide bonds. The van der Waals surface area contributed by atoms with Crippen LogP contribution in [0.25, 0.3) is 0 Å². The summed E-state index contributed by atoms with van der Waals surface area (Å²) >= 11 is 0. The maximum Gasteiger partial charge on any atom is 0.358 e. The van der Waals surface area contributed by atoms with E-state index in [1.165, 1.54) is 17.8 Å². The molecule has 2 heterocycles. The van der Waals surface area contributed by atoms with Crippen LogP contribution in [0, 0.1) is 0 Å². The summed E-state index contributed by atoms with van der Waals surface area (Å²) in [6.07, 6.45) is 1.92. The minimum absolute atomic E-state index is 0.0261. The number of carbonyl (C=O) groups is 3. The van der Waals surface area contributed by atoms with E-state index in [2.05, 4.69) is 15.6 Å².